The molecular weight excluding hydrogens is 408 g/mol. The van der Waals surface area contributed by atoms with E-state index < -0.39 is 4.92 Å². The number of benzene rings is 2. The Kier molecular flexibility index (Phi) is 6.56. The second-order valence-electron chi connectivity index (χ2n) is 7.32. The number of nitro benzene ring substituents is 1. The van der Waals surface area contributed by atoms with E-state index in [1.807, 2.05) is 24.8 Å². The number of nitrogens with zero attached hydrogens (tertiary/aromatic N) is 3. The Bertz CT molecular complexity index is 967. The fraction of sp³-hybridized carbons (Fsp3) is 0.333. The van der Waals surface area contributed by atoms with Gasteiger partial charge in [0.05, 0.1) is 11.5 Å². The Morgan fingerprint density at radius 3 is 2.30 bits per heavy atom. The number of nitro groups is 1. The maximum atomic E-state index is 12.5. The molecule has 8 nitrogen and oxygen atoms in total. The van der Waals surface area contributed by atoms with Crippen LogP contribution in [0.4, 0.5) is 11.4 Å². The summed E-state index contributed by atoms with van der Waals surface area (Å²) in [5.74, 6) is -0.469. The molecule has 0 unspecified atom stereocenters. The van der Waals surface area contributed by atoms with E-state index in [0.717, 1.165) is 11.1 Å². The zero-order chi connectivity index (χ0) is 21.8. The van der Waals surface area contributed by atoms with Crippen LogP contribution in [0.25, 0.3) is 0 Å². The first kappa shape index (κ1) is 21.6. The third-order valence-electron chi connectivity index (χ3n) is 4.99. The highest BCUT2D eigenvalue weighted by atomic mass is 35.5. The van der Waals surface area contributed by atoms with Crippen LogP contribution >= 0.6 is 11.6 Å². The number of nitrogens with one attached hydrogen (secondary N) is 1. The first-order valence-corrected chi connectivity index (χ1v) is 9.95. The fourth-order valence-electron chi connectivity index (χ4n) is 3.58. The summed E-state index contributed by atoms with van der Waals surface area (Å²) in [6, 6.07) is 10.1. The van der Waals surface area contributed by atoms with Crippen molar-refractivity contribution in [2.24, 2.45) is 0 Å². The maximum Gasteiger partial charge on any atom is 0.294 e. The monoisotopic (exact) mass is 430 g/mol. The molecule has 1 saturated heterocycles. The SMILES string of the molecule is Cc1cc(C)cc(C(=O)NCC(=O)N2CCN(c3ccc(Cl)cc3[N+](=O)[O-])CC2)c1. The molecule has 0 spiro atoms. The van der Waals surface area contributed by atoms with Gasteiger partial charge >= 0.3 is 0 Å². The highest BCUT2D eigenvalue weighted by molar-refractivity contribution is 6.30. The predicted molar refractivity (Wildman–Crippen MR) is 115 cm³/mol. The topological polar surface area (TPSA) is 95.8 Å². The van der Waals surface area contributed by atoms with Crippen LogP contribution < -0.4 is 10.2 Å². The van der Waals surface area contributed by atoms with E-state index in [2.05, 4.69) is 5.32 Å². The first-order chi connectivity index (χ1) is 14.2. The second-order valence-corrected chi connectivity index (χ2v) is 7.75. The molecule has 0 saturated carbocycles. The number of carbonyl (C=O) groups is 2. The molecule has 1 aliphatic rings. The molecule has 2 aromatic carbocycles. The zero-order valence-corrected chi connectivity index (χ0v) is 17.6. The number of halogens is 1. The summed E-state index contributed by atoms with van der Waals surface area (Å²) in [4.78, 5) is 39.2. The van der Waals surface area contributed by atoms with Gasteiger partial charge in [-0.15, -0.1) is 0 Å². The van der Waals surface area contributed by atoms with Crippen LogP contribution in [0.5, 0.6) is 0 Å². The number of carbonyl (C=O) groups excluding carboxylic acids is 2. The molecule has 0 aliphatic carbocycles. The molecule has 1 N–H and O–H groups in total. The highest BCUT2D eigenvalue weighted by Gasteiger charge is 2.26. The summed E-state index contributed by atoms with van der Waals surface area (Å²) in [5.41, 5.74) is 2.93. The molecular formula is C21H23ClN4O4. The molecule has 158 valence electrons. The Labute approximate surface area is 179 Å². The molecule has 2 aromatic rings. The number of aryl methyl sites for hydroxylation is 2. The number of rotatable bonds is 5. The first-order valence-electron chi connectivity index (χ1n) is 9.58. The maximum absolute atomic E-state index is 12.5. The van der Waals surface area contributed by atoms with Crippen LogP contribution in [-0.2, 0) is 4.79 Å². The normalized spacial score (nSPS) is 13.8. The van der Waals surface area contributed by atoms with Gasteiger partial charge in [0.15, 0.2) is 0 Å². The van der Waals surface area contributed by atoms with Crippen molar-refractivity contribution in [3.63, 3.8) is 0 Å². The van der Waals surface area contributed by atoms with Crippen LogP contribution in [0.15, 0.2) is 36.4 Å². The van der Waals surface area contributed by atoms with E-state index in [9.17, 15) is 19.7 Å². The number of hydrogen-bond acceptors (Lipinski definition) is 5. The molecule has 0 atom stereocenters. The lowest BCUT2D eigenvalue weighted by Crippen LogP contribution is -2.51. The smallest absolute Gasteiger partial charge is 0.294 e. The minimum absolute atomic E-state index is 0.0528. The van der Waals surface area contributed by atoms with Gasteiger partial charge in [0.25, 0.3) is 11.6 Å². The van der Waals surface area contributed by atoms with Crippen molar-refractivity contribution < 1.29 is 14.5 Å². The van der Waals surface area contributed by atoms with Gasteiger partial charge in [0, 0.05) is 42.8 Å². The molecule has 30 heavy (non-hydrogen) atoms. The van der Waals surface area contributed by atoms with E-state index in [4.69, 9.17) is 11.6 Å². The van der Waals surface area contributed by atoms with Crippen LogP contribution in [-0.4, -0.2) is 54.4 Å². The Balaban J connectivity index is 1.56. The largest absolute Gasteiger partial charge is 0.362 e. The molecule has 1 aliphatic heterocycles. The van der Waals surface area contributed by atoms with Crippen LogP contribution in [0, 0.1) is 24.0 Å². The van der Waals surface area contributed by atoms with Gasteiger partial charge < -0.3 is 15.1 Å². The Morgan fingerprint density at radius 1 is 1.07 bits per heavy atom. The van der Waals surface area contributed by atoms with Gasteiger partial charge in [-0.1, -0.05) is 28.8 Å². The summed E-state index contributed by atoms with van der Waals surface area (Å²) in [6.07, 6.45) is 0. The van der Waals surface area contributed by atoms with Crippen molar-refractivity contribution in [1.82, 2.24) is 10.2 Å². The quantitative estimate of drug-likeness (QED) is 0.581. The summed E-state index contributed by atoms with van der Waals surface area (Å²) in [6.45, 7) is 5.49. The van der Waals surface area contributed by atoms with Crippen molar-refractivity contribution in [3.05, 3.63) is 68.2 Å². The van der Waals surface area contributed by atoms with Gasteiger partial charge in [-0.25, -0.2) is 0 Å². The van der Waals surface area contributed by atoms with E-state index in [1.54, 1.807) is 29.2 Å². The zero-order valence-electron chi connectivity index (χ0n) is 16.9. The Hall–Kier alpha value is -3.13. The molecule has 0 aromatic heterocycles. The van der Waals surface area contributed by atoms with Crippen molar-refractivity contribution in [2.45, 2.75) is 13.8 Å². The molecule has 2 amide bonds. The minimum Gasteiger partial charge on any atom is -0.362 e. The van der Waals surface area contributed by atoms with E-state index in [1.165, 1.54) is 6.07 Å². The van der Waals surface area contributed by atoms with E-state index >= 15 is 0 Å². The van der Waals surface area contributed by atoms with Crippen molar-refractivity contribution in [3.8, 4) is 0 Å². The van der Waals surface area contributed by atoms with Crippen molar-refractivity contribution in [2.75, 3.05) is 37.6 Å². The summed E-state index contributed by atoms with van der Waals surface area (Å²) in [7, 11) is 0. The lowest BCUT2D eigenvalue weighted by Gasteiger charge is -2.35. The molecule has 1 fully saturated rings. The van der Waals surface area contributed by atoms with Gasteiger partial charge in [0.2, 0.25) is 5.91 Å². The third kappa shape index (κ3) is 5.07. The van der Waals surface area contributed by atoms with E-state index in [-0.39, 0.29) is 24.0 Å². The number of hydrogen-bond donors (Lipinski definition) is 1. The van der Waals surface area contributed by atoms with Gasteiger partial charge in [-0.2, -0.15) is 0 Å². The molecule has 9 heteroatoms. The summed E-state index contributed by atoms with van der Waals surface area (Å²) >= 11 is 5.88. The average molecular weight is 431 g/mol. The fourth-order valence-corrected chi connectivity index (χ4v) is 3.75. The standard InChI is InChI=1S/C21H23ClN4O4/c1-14-9-15(2)11-16(10-14)21(28)23-13-20(27)25-7-5-24(6-8-25)18-4-3-17(22)12-19(18)26(29)30/h3-4,9-12H,5-8,13H2,1-2H3,(H,23,28). The predicted octanol–water partition coefficient (Wildman–Crippen LogP) is 2.94. The molecule has 1 heterocycles. The number of anilines is 1. The number of amides is 2. The van der Waals surface area contributed by atoms with Crippen molar-refractivity contribution >= 4 is 34.8 Å². The lowest BCUT2D eigenvalue weighted by molar-refractivity contribution is -0.384. The van der Waals surface area contributed by atoms with E-state index in [0.29, 0.717) is 42.5 Å². The van der Waals surface area contributed by atoms with Crippen LogP contribution in [0.2, 0.25) is 5.02 Å². The van der Waals surface area contributed by atoms with Gasteiger partial charge in [0.1, 0.15) is 5.69 Å². The average Bonchev–Trinajstić information content (AvgIpc) is 2.71. The Morgan fingerprint density at radius 2 is 1.70 bits per heavy atom. The minimum atomic E-state index is -0.457. The third-order valence-corrected chi connectivity index (χ3v) is 5.23. The summed E-state index contributed by atoms with van der Waals surface area (Å²) in [5, 5.41) is 14.3. The number of piperazine rings is 1. The molecule has 0 bridgehead atoms. The second kappa shape index (κ2) is 9.13. The molecule has 3 rings (SSSR count). The van der Waals surface area contributed by atoms with Crippen molar-refractivity contribution in [1.29, 1.82) is 0 Å². The van der Waals surface area contributed by atoms with Gasteiger partial charge in [-0.05, 0) is 38.1 Å². The van der Waals surface area contributed by atoms with Crippen LogP contribution in [0.3, 0.4) is 0 Å². The summed E-state index contributed by atoms with van der Waals surface area (Å²) < 4.78 is 0. The lowest BCUT2D eigenvalue weighted by atomic mass is 10.1. The van der Waals surface area contributed by atoms with Crippen LogP contribution in [0.1, 0.15) is 21.5 Å². The van der Waals surface area contributed by atoms with Gasteiger partial charge in [-0.3, -0.25) is 19.7 Å². The molecule has 0 radical (unpaired) electrons. The highest BCUT2D eigenvalue weighted by Crippen LogP contribution is 2.31.